The molecule has 2 aromatic rings. The number of nitrogens with one attached hydrogen (secondary N) is 1. The summed E-state index contributed by atoms with van der Waals surface area (Å²) in [5.41, 5.74) is 0.788. The molecule has 1 saturated heterocycles. The van der Waals surface area contributed by atoms with Crippen molar-refractivity contribution in [2.75, 3.05) is 26.7 Å². The number of ether oxygens (including phenoxy) is 1. The van der Waals surface area contributed by atoms with Gasteiger partial charge in [0.15, 0.2) is 0 Å². The quantitative estimate of drug-likeness (QED) is 0.895. The molecule has 0 saturated carbocycles. The second-order valence-electron chi connectivity index (χ2n) is 5.39. The van der Waals surface area contributed by atoms with Crippen LogP contribution in [-0.4, -0.2) is 44.5 Å². The van der Waals surface area contributed by atoms with Gasteiger partial charge in [-0.3, -0.25) is 0 Å². The molecule has 1 aromatic heterocycles. The molecule has 3 rings (SSSR count). The molecule has 0 bridgehead atoms. The highest BCUT2D eigenvalue weighted by Gasteiger charge is 2.35. The lowest BCUT2D eigenvalue weighted by Crippen LogP contribution is -2.48. The van der Waals surface area contributed by atoms with Crippen LogP contribution in [0, 0.1) is 0 Å². The number of sulfonamides is 1. The molecule has 2 heterocycles. The standard InChI is InChI=1S/C16H18ClN3O3S/c1-23-16-7-6-12(10-19-16)24(21,22)20-9-8-18-11-15(20)13-4-2-3-5-14(13)17/h2-7,10,15,18H,8-9,11H2,1H3. The van der Waals surface area contributed by atoms with Crippen molar-refractivity contribution in [3.8, 4) is 5.88 Å². The first-order valence-corrected chi connectivity index (χ1v) is 9.33. The number of nitrogens with zero attached hydrogens (tertiary/aromatic N) is 2. The van der Waals surface area contributed by atoms with Gasteiger partial charge in [-0.2, -0.15) is 4.31 Å². The van der Waals surface area contributed by atoms with Crippen molar-refractivity contribution in [2.45, 2.75) is 10.9 Å². The van der Waals surface area contributed by atoms with E-state index in [0.717, 1.165) is 5.56 Å². The molecule has 0 spiro atoms. The van der Waals surface area contributed by atoms with Gasteiger partial charge in [-0.25, -0.2) is 13.4 Å². The fourth-order valence-electron chi connectivity index (χ4n) is 2.76. The minimum atomic E-state index is -3.68. The highest BCUT2D eigenvalue weighted by atomic mass is 35.5. The molecular weight excluding hydrogens is 350 g/mol. The summed E-state index contributed by atoms with van der Waals surface area (Å²) in [6, 6.07) is 10.00. The number of pyridine rings is 1. The van der Waals surface area contributed by atoms with E-state index in [0.29, 0.717) is 30.5 Å². The number of piperazine rings is 1. The molecule has 1 aliphatic rings. The first-order valence-electron chi connectivity index (χ1n) is 7.51. The monoisotopic (exact) mass is 367 g/mol. The third kappa shape index (κ3) is 3.25. The second-order valence-corrected chi connectivity index (χ2v) is 7.69. The fourth-order valence-corrected chi connectivity index (χ4v) is 4.57. The third-order valence-electron chi connectivity index (χ3n) is 3.98. The topological polar surface area (TPSA) is 71.5 Å². The largest absolute Gasteiger partial charge is 0.481 e. The maximum atomic E-state index is 13.1. The highest BCUT2D eigenvalue weighted by Crippen LogP contribution is 2.32. The van der Waals surface area contributed by atoms with Gasteiger partial charge in [-0.05, 0) is 17.7 Å². The van der Waals surface area contributed by atoms with Crippen LogP contribution in [0.4, 0.5) is 0 Å². The zero-order chi connectivity index (χ0) is 17.2. The van der Waals surface area contributed by atoms with Gasteiger partial charge in [0, 0.05) is 30.7 Å². The Bertz CT molecular complexity index is 812. The SMILES string of the molecule is COc1ccc(S(=O)(=O)N2CCNCC2c2ccccc2Cl)cn1. The fraction of sp³-hybridized carbons (Fsp3) is 0.312. The average molecular weight is 368 g/mol. The molecular formula is C16H18ClN3O3S. The molecule has 0 radical (unpaired) electrons. The lowest BCUT2D eigenvalue weighted by Gasteiger charge is -2.35. The van der Waals surface area contributed by atoms with E-state index >= 15 is 0 Å². The van der Waals surface area contributed by atoms with Crippen LogP contribution >= 0.6 is 11.6 Å². The van der Waals surface area contributed by atoms with E-state index < -0.39 is 10.0 Å². The first-order chi connectivity index (χ1) is 11.5. The van der Waals surface area contributed by atoms with Crippen molar-refractivity contribution in [3.05, 3.63) is 53.2 Å². The molecule has 1 fully saturated rings. The van der Waals surface area contributed by atoms with Crippen molar-refractivity contribution in [1.82, 2.24) is 14.6 Å². The molecule has 6 nitrogen and oxygen atoms in total. The zero-order valence-corrected chi connectivity index (χ0v) is 14.7. The van der Waals surface area contributed by atoms with E-state index in [1.807, 2.05) is 18.2 Å². The van der Waals surface area contributed by atoms with Gasteiger partial charge in [0.1, 0.15) is 4.90 Å². The minimum absolute atomic E-state index is 0.141. The summed E-state index contributed by atoms with van der Waals surface area (Å²) in [5.74, 6) is 0.372. The van der Waals surface area contributed by atoms with E-state index in [-0.39, 0.29) is 10.9 Å². The van der Waals surface area contributed by atoms with Gasteiger partial charge in [0.05, 0.1) is 19.3 Å². The number of hydrogen-bond acceptors (Lipinski definition) is 5. The Hall–Kier alpha value is -1.67. The molecule has 128 valence electrons. The normalized spacial score (nSPS) is 19.2. The molecule has 24 heavy (non-hydrogen) atoms. The number of aromatic nitrogens is 1. The average Bonchev–Trinajstić information content (AvgIpc) is 2.62. The van der Waals surface area contributed by atoms with Gasteiger partial charge in [0.2, 0.25) is 15.9 Å². The van der Waals surface area contributed by atoms with E-state index in [4.69, 9.17) is 16.3 Å². The number of hydrogen-bond donors (Lipinski definition) is 1. The lowest BCUT2D eigenvalue weighted by molar-refractivity contribution is 0.271. The van der Waals surface area contributed by atoms with E-state index in [2.05, 4.69) is 10.3 Å². The number of rotatable bonds is 4. The summed E-state index contributed by atoms with van der Waals surface area (Å²) < 4.78 is 32.6. The first kappa shape index (κ1) is 17.2. The molecule has 1 aromatic carbocycles. The minimum Gasteiger partial charge on any atom is -0.481 e. The van der Waals surface area contributed by atoms with Crippen molar-refractivity contribution in [3.63, 3.8) is 0 Å². The molecule has 1 aliphatic heterocycles. The predicted octanol–water partition coefficient (Wildman–Crippen LogP) is 2.08. The van der Waals surface area contributed by atoms with Crippen LogP contribution in [-0.2, 0) is 10.0 Å². The Morgan fingerprint density at radius 2 is 2.08 bits per heavy atom. The van der Waals surface area contributed by atoms with E-state index in [1.54, 1.807) is 12.1 Å². The Labute approximate surface area is 146 Å². The van der Waals surface area contributed by atoms with Gasteiger partial charge >= 0.3 is 0 Å². The van der Waals surface area contributed by atoms with Gasteiger partial charge in [-0.1, -0.05) is 29.8 Å². The maximum absolute atomic E-state index is 13.1. The number of benzene rings is 1. The molecule has 0 amide bonds. The molecule has 1 unspecified atom stereocenters. The van der Waals surface area contributed by atoms with E-state index in [1.165, 1.54) is 23.7 Å². The van der Waals surface area contributed by atoms with Crippen molar-refractivity contribution in [1.29, 1.82) is 0 Å². The summed E-state index contributed by atoms with van der Waals surface area (Å²) in [4.78, 5) is 4.14. The summed E-state index contributed by atoms with van der Waals surface area (Å²) in [7, 11) is -2.20. The van der Waals surface area contributed by atoms with Crippen molar-refractivity contribution < 1.29 is 13.2 Å². The van der Waals surface area contributed by atoms with Crippen molar-refractivity contribution in [2.24, 2.45) is 0 Å². The maximum Gasteiger partial charge on any atom is 0.245 e. The molecule has 1 N–H and O–H groups in total. The Balaban J connectivity index is 1.98. The van der Waals surface area contributed by atoms with Gasteiger partial charge < -0.3 is 10.1 Å². The van der Waals surface area contributed by atoms with Crippen LogP contribution in [0.15, 0.2) is 47.5 Å². The molecule has 0 aliphatic carbocycles. The Morgan fingerprint density at radius 1 is 1.29 bits per heavy atom. The highest BCUT2D eigenvalue weighted by molar-refractivity contribution is 7.89. The molecule has 8 heteroatoms. The van der Waals surface area contributed by atoms with Crippen LogP contribution in [0.1, 0.15) is 11.6 Å². The summed E-state index contributed by atoms with van der Waals surface area (Å²) in [6.07, 6.45) is 1.32. The van der Waals surface area contributed by atoms with Crippen LogP contribution < -0.4 is 10.1 Å². The van der Waals surface area contributed by atoms with Gasteiger partial charge in [-0.15, -0.1) is 0 Å². The van der Waals surface area contributed by atoms with Crippen LogP contribution in [0.5, 0.6) is 5.88 Å². The Kier molecular flexibility index (Phi) is 5.05. The Morgan fingerprint density at radius 3 is 2.75 bits per heavy atom. The molecule has 1 atom stereocenters. The summed E-state index contributed by atoms with van der Waals surface area (Å²) >= 11 is 6.28. The zero-order valence-electron chi connectivity index (χ0n) is 13.1. The number of halogens is 1. The second kappa shape index (κ2) is 7.06. The smallest absolute Gasteiger partial charge is 0.245 e. The summed E-state index contributed by atoms with van der Waals surface area (Å²) in [6.45, 7) is 1.46. The number of methoxy groups -OCH3 is 1. The van der Waals surface area contributed by atoms with Gasteiger partial charge in [0.25, 0.3) is 0 Å². The predicted molar refractivity (Wildman–Crippen MR) is 91.7 cm³/mol. The van der Waals surface area contributed by atoms with Crippen LogP contribution in [0.25, 0.3) is 0 Å². The van der Waals surface area contributed by atoms with Crippen LogP contribution in [0.2, 0.25) is 5.02 Å². The van der Waals surface area contributed by atoms with Crippen LogP contribution in [0.3, 0.4) is 0 Å². The lowest BCUT2D eigenvalue weighted by atomic mass is 10.1. The van der Waals surface area contributed by atoms with Crippen molar-refractivity contribution >= 4 is 21.6 Å². The van der Waals surface area contributed by atoms with E-state index in [9.17, 15) is 8.42 Å². The third-order valence-corrected chi connectivity index (χ3v) is 6.22. The summed E-state index contributed by atoms with van der Waals surface area (Å²) in [5, 5.41) is 3.79.